The lowest BCUT2D eigenvalue weighted by atomic mass is 10.2. The molecule has 0 heterocycles. The highest BCUT2D eigenvalue weighted by Crippen LogP contribution is 2.26. The molecule has 0 saturated heterocycles. The van der Waals surface area contributed by atoms with Crippen LogP contribution in [0.15, 0.2) is 48.5 Å². The van der Waals surface area contributed by atoms with Gasteiger partial charge in [-0.05, 0) is 17.7 Å². The lowest BCUT2D eigenvalue weighted by molar-refractivity contribution is 0.141. The monoisotopic (exact) mass is 325 g/mol. The molecule has 0 aliphatic heterocycles. The molecular weight excluding hydrogens is 306 g/mol. The smallest absolute Gasteiger partial charge is 0.408 e. The summed E-state index contributed by atoms with van der Waals surface area (Å²) < 4.78 is 15.6. The Morgan fingerprint density at radius 1 is 1.00 bits per heavy atom. The summed E-state index contributed by atoms with van der Waals surface area (Å²) in [6.45, 7) is 0.384. The maximum Gasteiger partial charge on any atom is 0.408 e. The predicted molar refractivity (Wildman–Crippen MR) is 91.1 cm³/mol. The first kappa shape index (κ1) is 17.2. The van der Waals surface area contributed by atoms with E-state index < -0.39 is 6.09 Å². The summed E-state index contributed by atoms with van der Waals surface area (Å²) in [5.74, 6) is 7.04. The van der Waals surface area contributed by atoms with Gasteiger partial charge in [0.1, 0.15) is 23.7 Å². The van der Waals surface area contributed by atoms with Gasteiger partial charge in [-0.25, -0.2) is 4.79 Å². The van der Waals surface area contributed by atoms with Crippen LogP contribution in [-0.2, 0) is 11.3 Å². The van der Waals surface area contributed by atoms with Crippen molar-refractivity contribution in [2.45, 2.75) is 6.61 Å². The Labute approximate surface area is 141 Å². The molecule has 1 N–H and O–H groups in total. The molecule has 0 saturated carbocycles. The van der Waals surface area contributed by atoms with E-state index in [0.29, 0.717) is 17.1 Å². The van der Waals surface area contributed by atoms with E-state index >= 15 is 0 Å². The van der Waals surface area contributed by atoms with Gasteiger partial charge in [-0.15, -0.1) is 0 Å². The van der Waals surface area contributed by atoms with E-state index in [1.807, 2.05) is 36.4 Å². The molecule has 5 nitrogen and oxygen atoms in total. The van der Waals surface area contributed by atoms with E-state index in [4.69, 9.17) is 14.2 Å². The third-order valence-corrected chi connectivity index (χ3v) is 3.18. The highest BCUT2D eigenvalue weighted by molar-refractivity contribution is 5.67. The van der Waals surface area contributed by atoms with Gasteiger partial charge in [0, 0.05) is 0 Å². The minimum absolute atomic E-state index is 0.162. The third-order valence-electron chi connectivity index (χ3n) is 3.18. The topological polar surface area (TPSA) is 56.8 Å². The molecule has 0 spiro atoms. The fourth-order valence-corrected chi connectivity index (χ4v) is 2.00. The Morgan fingerprint density at radius 3 is 2.29 bits per heavy atom. The summed E-state index contributed by atoms with van der Waals surface area (Å²) in [6.07, 6.45) is -0.514. The molecule has 2 aromatic rings. The van der Waals surface area contributed by atoms with E-state index in [2.05, 4.69) is 17.2 Å². The summed E-state index contributed by atoms with van der Waals surface area (Å²) in [7, 11) is 3.14. The number of alkyl carbamates (subject to hydrolysis) is 1. The number of benzene rings is 2. The molecule has 0 aliphatic rings. The SMILES string of the molecule is COc1cccc(OC)c1C#CCNC(=O)OCc1ccccc1. The highest BCUT2D eigenvalue weighted by atomic mass is 16.5. The van der Waals surface area contributed by atoms with Gasteiger partial charge in [0.15, 0.2) is 0 Å². The molecule has 124 valence electrons. The van der Waals surface area contributed by atoms with Gasteiger partial charge >= 0.3 is 6.09 Å². The second-order valence-corrected chi connectivity index (χ2v) is 4.75. The Balaban J connectivity index is 1.86. The van der Waals surface area contributed by atoms with Crippen LogP contribution in [0.4, 0.5) is 4.79 Å². The van der Waals surface area contributed by atoms with Crippen molar-refractivity contribution in [2.75, 3.05) is 20.8 Å². The third kappa shape index (κ3) is 4.96. The van der Waals surface area contributed by atoms with Gasteiger partial charge in [0.2, 0.25) is 0 Å². The van der Waals surface area contributed by atoms with E-state index in [1.54, 1.807) is 26.4 Å². The quantitative estimate of drug-likeness (QED) is 0.859. The van der Waals surface area contributed by atoms with E-state index in [-0.39, 0.29) is 13.2 Å². The summed E-state index contributed by atoms with van der Waals surface area (Å²) in [5.41, 5.74) is 1.57. The zero-order valence-corrected chi connectivity index (χ0v) is 13.7. The number of amides is 1. The van der Waals surface area contributed by atoms with Crippen molar-refractivity contribution in [3.05, 3.63) is 59.7 Å². The number of hydrogen-bond acceptors (Lipinski definition) is 4. The van der Waals surface area contributed by atoms with Gasteiger partial charge in [0.25, 0.3) is 0 Å². The molecule has 5 heteroatoms. The molecule has 1 amide bonds. The zero-order chi connectivity index (χ0) is 17.2. The zero-order valence-electron chi connectivity index (χ0n) is 13.7. The van der Waals surface area contributed by atoms with Crippen molar-refractivity contribution in [1.82, 2.24) is 5.32 Å². The largest absolute Gasteiger partial charge is 0.495 e. The normalized spacial score (nSPS) is 9.42. The Kier molecular flexibility index (Phi) is 6.54. The van der Waals surface area contributed by atoms with Gasteiger partial charge in [-0.1, -0.05) is 48.2 Å². The Morgan fingerprint density at radius 2 is 1.67 bits per heavy atom. The molecule has 0 aromatic heterocycles. The number of ether oxygens (including phenoxy) is 3. The number of methoxy groups -OCH3 is 2. The number of carbonyl (C=O) groups is 1. The Bertz CT molecular complexity index is 710. The van der Waals surface area contributed by atoms with Crippen LogP contribution in [0.2, 0.25) is 0 Å². The van der Waals surface area contributed by atoms with Crippen LogP contribution in [0.1, 0.15) is 11.1 Å². The van der Waals surface area contributed by atoms with Gasteiger partial charge in [0.05, 0.1) is 20.8 Å². The van der Waals surface area contributed by atoms with Crippen LogP contribution in [0.5, 0.6) is 11.5 Å². The van der Waals surface area contributed by atoms with Crippen LogP contribution >= 0.6 is 0 Å². The molecule has 0 aliphatic carbocycles. The molecule has 2 aromatic carbocycles. The first-order valence-electron chi connectivity index (χ1n) is 7.39. The lowest BCUT2D eigenvalue weighted by Crippen LogP contribution is -2.24. The molecule has 0 unspecified atom stereocenters. The van der Waals surface area contributed by atoms with Crippen molar-refractivity contribution < 1.29 is 19.0 Å². The van der Waals surface area contributed by atoms with Gasteiger partial charge < -0.3 is 19.5 Å². The molecule has 0 fully saturated rings. The average Bonchev–Trinajstić information content (AvgIpc) is 2.64. The highest BCUT2D eigenvalue weighted by Gasteiger charge is 2.06. The van der Waals surface area contributed by atoms with Crippen molar-refractivity contribution in [3.8, 4) is 23.3 Å². The Hall–Kier alpha value is -3.13. The molecule has 0 bridgehead atoms. The van der Waals surface area contributed by atoms with Gasteiger partial charge in [-0.3, -0.25) is 0 Å². The lowest BCUT2D eigenvalue weighted by Gasteiger charge is -2.07. The fraction of sp³-hybridized carbons (Fsp3) is 0.211. The number of nitrogens with one attached hydrogen (secondary N) is 1. The summed E-state index contributed by atoms with van der Waals surface area (Å²) >= 11 is 0. The number of hydrogen-bond donors (Lipinski definition) is 1. The van der Waals surface area contributed by atoms with Crippen molar-refractivity contribution >= 4 is 6.09 Å². The average molecular weight is 325 g/mol. The van der Waals surface area contributed by atoms with Crippen molar-refractivity contribution in [3.63, 3.8) is 0 Å². The van der Waals surface area contributed by atoms with E-state index in [0.717, 1.165) is 5.56 Å². The predicted octanol–water partition coefficient (Wildman–Crippen LogP) is 2.98. The standard InChI is InChI=1S/C19H19NO4/c1-22-17-11-6-12-18(23-2)16(17)10-7-13-20-19(21)24-14-15-8-4-3-5-9-15/h3-6,8-9,11-12H,13-14H2,1-2H3,(H,20,21). The first-order chi connectivity index (χ1) is 11.7. The van der Waals surface area contributed by atoms with E-state index in [9.17, 15) is 4.79 Å². The van der Waals surface area contributed by atoms with Gasteiger partial charge in [-0.2, -0.15) is 0 Å². The van der Waals surface area contributed by atoms with Crippen molar-refractivity contribution in [1.29, 1.82) is 0 Å². The second-order valence-electron chi connectivity index (χ2n) is 4.75. The first-order valence-corrected chi connectivity index (χ1v) is 7.39. The molecular formula is C19H19NO4. The second kappa shape index (κ2) is 9.11. The van der Waals surface area contributed by atoms with Crippen LogP contribution in [0, 0.1) is 11.8 Å². The summed E-state index contributed by atoms with van der Waals surface area (Å²) in [4.78, 5) is 11.6. The summed E-state index contributed by atoms with van der Waals surface area (Å²) in [6, 6.07) is 14.9. The minimum Gasteiger partial charge on any atom is -0.495 e. The molecule has 0 atom stereocenters. The molecule has 0 radical (unpaired) electrons. The maximum atomic E-state index is 11.6. The number of carbonyl (C=O) groups excluding carboxylic acids is 1. The van der Waals surface area contributed by atoms with Crippen LogP contribution < -0.4 is 14.8 Å². The van der Waals surface area contributed by atoms with Crippen LogP contribution in [0.25, 0.3) is 0 Å². The summed E-state index contributed by atoms with van der Waals surface area (Å²) in [5, 5.41) is 2.58. The number of rotatable bonds is 5. The van der Waals surface area contributed by atoms with Crippen LogP contribution in [-0.4, -0.2) is 26.9 Å². The van der Waals surface area contributed by atoms with E-state index in [1.165, 1.54) is 0 Å². The minimum atomic E-state index is -0.514. The van der Waals surface area contributed by atoms with Crippen molar-refractivity contribution in [2.24, 2.45) is 0 Å². The fourth-order valence-electron chi connectivity index (χ4n) is 2.00. The molecule has 2 rings (SSSR count). The van der Waals surface area contributed by atoms with Crippen LogP contribution in [0.3, 0.4) is 0 Å². The molecule has 24 heavy (non-hydrogen) atoms. The maximum absolute atomic E-state index is 11.6.